The van der Waals surface area contributed by atoms with Gasteiger partial charge in [-0.2, -0.15) is 16.9 Å². The van der Waals surface area contributed by atoms with E-state index in [0.29, 0.717) is 11.2 Å². The van der Waals surface area contributed by atoms with Gasteiger partial charge in [-0.15, -0.1) is 0 Å². The highest BCUT2D eigenvalue weighted by Crippen LogP contribution is 2.24. The summed E-state index contributed by atoms with van der Waals surface area (Å²) < 4.78 is 1.79. The molecule has 0 aliphatic rings. The Kier molecular flexibility index (Phi) is 4.29. The molecule has 6 heteroatoms. The van der Waals surface area contributed by atoms with E-state index in [1.807, 2.05) is 25.9 Å². The van der Waals surface area contributed by atoms with E-state index < -0.39 is 0 Å². The predicted octanol–water partition coefficient (Wildman–Crippen LogP) is 2.68. The van der Waals surface area contributed by atoms with Crippen molar-refractivity contribution in [3.63, 3.8) is 0 Å². The van der Waals surface area contributed by atoms with E-state index in [4.69, 9.17) is 0 Å². The Balaban J connectivity index is 2.26. The van der Waals surface area contributed by atoms with Gasteiger partial charge in [-0.1, -0.05) is 20.8 Å². The average molecular weight is 279 g/mol. The number of aryl methyl sites for hydroxylation is 1. The standard InChI is InChI=1S/C13H21N5S/c1-8(2)9(3)19-7-11-16-12(14-4)10-6-15-18(5)13(10)17-11/h6,8-9H,7H2,1-5H3,(H,14,16,17). The van der Waals surface area contributed by atoms with Crippen molar-refractivity contribution in [2.75, 3.05) is 12.4 Å². The second-order valence-corrected chi connectivity index (χ2v) is 6.37. The molecule has 19 heavy (non-hydrogen) atoms. The zero-order chi connectivity index (χ0) is 14.0. The normalized spacial score (nSPS) is 13.2. The summed E-state index contributed by atoms with van der Waals surface area (Å²) in [6.45, 7) is 6.72. The van der Waals surface area contributed by atoms with Gasteiger partial charge in [0.25, 0.3) is 0 Å². The van der Waals surface area contributed by atoms with Crippen molar-refractivity contribution < 1.29 is 0 Å². The molecule has 2 aromatic heterocycles. The maximum absolute atomic E-state index is 4.60. The lowest BCUT2D eigenvalue weighted by Gasteiger charge is -2.14. The van der Waals surface area contributed by atoms with Gasteiger partial charge in [0.15, 0.2) is 5.65 Å². The molecule has 0 radical (unpaired) electrons. The van der Waals surface area contributed by atoms with Crippen molar-refractivity contribution in [3.8, 4) is 0 Å². The van der Waals surface area contributed by atoms with Crippen LogP contribution in [-0.2, 0) is 12.8 Å². The van der Waals surface area contributed by atoms with Crippen LogP contribution in [0.25, 0.3) is 11.0 Å². The van der Waals surface area contributed by atoms with Crippen LogP contribution in [0.1, 0.15) is 26.6 Å². The average Bonchev–Trinajstić information content (AvgIpc) is 2.77. The summed E-state index contributed by atoms with van der Waals surface area (Å²) in [5.74, 6) is 3.20. The number of nitrogens with zero attached hydrogens (tertiary/aromatic N) is 4. The van der Waals surface area contributed by atoms with E-state index in [0.717, 1.165) is 28.4 Å². The topological polar surface area (TPSA) is 55.6 Å². The van der Waals surface area contributed by atoms with Gasteiger partial charge in [-0.3, -0.25) is 4.68 Å². The largest absolute Gasteiger partial charge is 0.372 e. The molecule has 0 aromatic carbocycles. The van der Waals surface area contributed by atoms with Crippen molar-refractivity contribution in [2.45, 2.75) is 31.8 Å². The molecular weight excluding hydrogens is 258 g/mol. The summed E-state index contributed by atoms with van der Waals surface area (Å²) in [4.78, 5) is 9.17. The van der Waals surface area contributed by atoms with Crippen molar-refractivity contribution in [1.29, 1.82) is 0 Å². The summed E-state index contributed by atoms with van der Waals surface area (Å²) in [6.07, 6.45) is 1.80. The molecule has 1 N–H and O–H groups in total. The second kappa shape index (κ2) is 5.77. The first-order chi connectivity index (χ1) is 9.02. The van der Waals surface area contributed by atoms with Crippen molar-refractivity contribution in [1.82, 2.24) is 19.7 Å². The van der Waals surface area contributed by atoms with Gasteiger partial charge in [-0.05, 0) is 5.92 Å². The van der Waals surface area contributed by atoms with Gasteiger partial charge in [0.2, 0.25) is 0 Å². The molecule has 1 atom stereocenters. The fraction of sp³-hybridized carbons (Fsp3) is 0.615. The van der Waals surface area contributed by atoms with E-state index in [1.165, 1.54) is 0 Å². The minimum absolute atomic E-state index is 0.601. The molecule has 0 amide bonds. The molecule has 0 spiro atoms. The predicted molar refractivity (Wildman–Crippen MR) is 81.4 cm³/mol. The quantitative estimate of drug-likeness (QED) is 0.912. The summed E-state index contributed by atoms with van der Waals surface area (Å²) in [5.41, 5.74) is 0.882. The SMILES string of the molecule is CNc1nc(CSC(C)C(C)C)nc2c1cnn2C. The van der Waals surface area contributed by atoms with E-state index >= 15 is 0 Å². The van der Waals surface area contributed by atoms with E-state index in [-0.39, 0.29) is 0 Å². The first-order valence-electron chi connectivity index (χ1n) is 6.51. The molecule has 0 saturated carbocycles. The molecule has 1 unspecified atom stereocenters. The van der Waals surface area contributed by atoms with Crippen molar-refractivity contribution >= 4 is 28.6 Å². The molecular formula is C13H21N5S. The van der Waals surface area contributed by atoms with Crippen molar-refractivity contribution in [2.24, 2.45) is 13.0 Å². The number of nitrogens with one attached hydrogen (secondary N) is 1. The van der Waals surface area contributed by atoms with Crippen LogP contribution in [0.4, 0.5) is 5.82 Å². The smallest absolute Gasteiger partial charge is 0.163 e. The van der Waals surface area contributed by atoms with E-state index in [1.54, 1.807) is 10.9 Å². The molecule has 2 rings (SSSR count). The number of hydrogen-bond donors (Lipinski definition) is 1. The Morgan fingerprint density at radius 1 is 1.32 bits per heavy atom. The van der Waals surface area contributed by atoms with Crippen LogP contribution in [0.5, 0.6) is 0 Å². The Hall–Kier alpha value is -1.30. The number of thioether (sulfide) groups is 1. The summed E-state index contributed by atoms with van der Waals surface area (Å²) in [6, 6.07) is 0. The van der Waals surface area contributed by atoms with Crippen LogP contribution in [0.15, 0.2) is 6.20 Å². The van der Waals surface area contributed by atoms with Crippen LogP contribution in [0.2, 0.25) is 0 Å². The third kappa shape index (κ3) is 3.00. The van der Waals surface area contributed by atoms with E-state index in [9.17, 15) is 0 Å². The minimum Gasteiger partial charge on any atom is -0.372 e. The minimum atomic E-state index is 0.601. The highest BCUT2D eigenvalue weighted by atomic mass is 32.2. The Bertz CT molecular complexity index is 563. The van der Waals surface area contributed by atoms with Gasteiger partial charge < -0.3 is 5.32 Å². The second-order valence-electron chi connectivity index (χ2n) is 5.00. The Morgan fingerprint density at radius 3 is 2.68 bits per heavy atom. The molecule has 0 fully saturated rings. The molecule has 0 aliphatic carbocycles. The maximum atomic E-state index is 4.60. The third-order valence-corrected chi connectivity index (χ3v) is 4.78. The fourth-order valence-electron chi connectivity index (χ4n) is 1.72. The van der Waals surface area contributed by atoms with Gasteiger partial charge in [-0.25, -0.2) is 9.97 Å². The summed E-state index contributed by atoms with van der Waals surface area (Å²) in [5, 5.41) is 8.93. The van der Waals surface area contributed by atoms with Crippen LogP contribution < -0.4 is 5.32 Å². The summed E-state index contributed by atoms with van der Waals surface area (Å²) in [7, 11) is 3.78. The van der Waals surface area contributed by atoms with Crippen molar-refractivity contribution in [3.05, 3.63) is 12.0 Å². The number of anilines is 1. The lowest BCUT2D eigenvalue weighted by atomic mass is 10.2. The fourth-order valence-corrected chi connectivity index (χ4v) is 2.65. The highest BCUT2D eigenvalue weighted by molar-refractivity contribution is 7.99. The zero-order valence-electron chi connectivity index (χ0n) is 12.1. The first kappa shape index (κ1) is 14.1. The molecule has 0 bridgehead atoms. The molecule has 0 aliphatic heterocycles. The van der Waals surface area contributed by atoms with Crippen LogP contribution in [-0.4, -0.2) is 32.0 Å². The molecule has 2 aromatic rings. The van der Waals surface area contributed by atoms with E-state index in [2.05, 4.69) is 41.2 Å². The Labute approximate surface area is 118 Å². The highest BCUT2D eigenvalue weighted by Gasteiger charge is 2.13. The molecule has 2 heterocycles. The van der Waals surface area contributed by atoms with Gasteiger partial charge >= 0.3 is 0 Å². The summed E-state index contributed by atoms with van der Waals surface area (Å²) >= 11 is 1.89. The maximum Gasteiger partial charge on any atom is 0.163 e. The number of hydrogen-bond acceptors (Lipinski definition) is 5. The van der Waals surface area contributed by atoms with Crippen LogP contribution in [0.3, 0.4) is 0 Å². The van der Waals surface area contributed by atoms with Gasteiger partial charge in [0.05, 0.1) is 17.3 Å². The Morgan fingerprint density at radius 2 is 2.05 bits per heavy atom. The molecule has 0 saturated heterocycles. The number of aromatic nitrogens is 4. The lowest BCUT2D eigenvalue weighted by molar-refractivity contribution is 0.642. The lowest BCUT2D eigenvalue weighted by Crippen LogP contribution is -2.08. The van der Waals surface area contributed by atoms with Gasteiger partial charge in [0.1, 0.15) is 11.6 Å². The van der Waals surface area contributed by atoms with Crippen LogP contribution >= 0.6 is 11.8 Å². The van der Waals surface area contributed by atoms with Crippen LogP contribution in [0, 0.1) is 5.92 Å². The first-order valence-corrected chi connectivity index (χ1v) is 7.55. The number of fused-ring (bicyclic) bond motifs is 1. The monoisotopic (exact) mass is 279 g/mol. The molecule has 104 valence electrons. The van der Waals surface area contributed by atoms with Gasteiger partial charge in [0, 0.05) is 19.3 Å². The molecule has 5 nitrogen and oxygen atoms in total. The third-order valence-electron chi connectivity index (χ3n) is 3.29. The number of rotatable bonds is 5. The zero-order valence-corrected chi connectivity index (χ0v) is 13.0.